The van der Waals surface area contributed by atoms with E-state index in [4.69, 9.17) is 3.35 Å². The molecule has 17 heavy (non-hydrogen) atoms. The molecule has 2 aromatic carbocycles. The summed E-state index contributed by atoms with van der Waals surface area (Å²) in [4.78, 5) is 0. The molecule has 0 aromatic heterocycles. The van der Waals surface area contributed by atoms with Crippen molar-refractivity contribution in [3.8, 4) is 0 Å². The Morgan fingerprint density at radius 2 is 1.18 bits per heavy atom. The van der Waals surface area contributed by atoms with Crippen LogP contribution in [0, 0.1) is 0 Å². The van der Waals surface area contributed by atoms with Gasteiger partial charge in [-0.15, -0.1) is 0 Å². The Kier molecular flexibility index (Phi) is 4.28. The molecule has 0 saturated heterocycles. The standard InChI is InChI=1S/C12H11OSi.2O.V/c13-14(11-7-3-1-4-8-11)12-9-5-2-6-10-12;;;/h1-10,14H;;;/q-1;;;+1. The second-order valence-corrected chi connectivity index (χ2v) is 7.52. The van der Waals surface area contributed by atoms with Crippen LogP contribution in [0.2, 0.25) is 0 Å². The zero-order valence-corrected chi connectivity index (χ0v) is 11.6. The number of hydrogen-bond donors (Lipinski definition) is 0. The Bertz CT molecular complexity index is 493. The van der Waals surface area contributed by atoms with Crippen LogP contribution in [0.4, 0.5) is 0 Å². The predicted octanol–water partition coefficient (Wildman–Crippen LogP) is 0.765. The van der Waals surface area contributed by atoms with E-state index >= 15 is 0 Å². The molecule has 86 valence electrons. The summed E-state index contributed by atoms with van der Waals surface area (Å²) in [6, 6.07) is 19.1. The fourth-order valence-corrected chi connectivity index (χ4v) is 5.55. The molecule has 0 amide bonds. The molecule has 2 rings (SSSR count). The maximum absolute atomic E-state index is 10.9. The maximum atomic E-state index is 10.9. The summed E-state index contributed by atoms with van der Waals surface area (Å²) in [5, 5.41) is 1.95. The van der Waals surface area contributed by atoms with Crippen molar-refractivity contribution in [2.75, 3.05) is 0 Å². The van der Waals surface area contributed by atoms with E-state index in [1.807, 2.05) is 60.7 Å². The van der Waals surface area contributed by atoms with Crippen molar-refractivity contribution < 1.29 is 26.1 Å². The molecule has 3 nitrogen and oxygen atoms in total. The minimum absolute atomic E-state index is 0.977. The van der Waals surface area contributed by atoms with Crippen molar-refractivity contribution in [3.63, 3.8) is 0 Å². The summed E-state index contributed by atoms with van der Waals surface area (Å²) < 4.78 is 27.0. The molecule has 0 atom stereocenters. The SMILES string of the molecule is [O]=[V](=[O])[O][SiH](c1ccccc1)c1ccccc1. The Morgan fingerprint density at radius 3 is 1.53 bits per heavy atom. The molecule has 0 aliphatic carbocycles. The van der Waals surface area contributed by atoms with Gasteiger partial charge in [0, 0.05) is 0 Å². The first kappa shape index (κ1) is 12.3. The first-order chi connectivity index (χ1) is 8.27. The van der Waals surface area contributed by atoms with Gasteiger partial charge in [-0.25, -0.2) is 0 Å². The van der Waals surface area contributed by atoms with Gasteiger partial charge >= 0.3 is 106 Å². The van der Waals surface area contributed by atoms with E-state index in [0.717, 1.165) is 10.4 Å². The summed E-state index contributed by atoms with van der Waals surface area (Å²) in [6.07, 6.45) is 0. The van der Waals surface area contributed by atoms with Crippen LogP contribution in [0.1, 0.15) is 0 Å². The summed E-state index contributed by atoms with van der Waals surface area (Å²) in [6.45, 7) is 0. The molecule has 0 fully saturated rings. The minimum atomic E-state index is -3.57. The van der Waals surface area contributed by atoms with Crippen molar-refractivity contribution in [2.24, 2.45) is 0 Å². The van der Waals surface area contributed by atoms with Gasteiger partial charge in [0.2, 0.25) is 0 Å². The van der Waals surface area contributed by atoms with Crippen LogP contribution in [0.15, 0.2) is 60.7 Å². The molecule has 0 spiro atoms. The van der Waals surface area contributed by atoms with E-state index in [-0.39, 0.29) is 0 Å². The topological polar surface area (TPSA) is 43.4 Å². The van der Waals surface area contributed by atoms with Crippen LogP contribution in [0.5, 0.6) is 0 Å². The molecule has 0 aliphatic rings. The van der Waals surface area contributed by atoms with Crippen molar-refractivity contribution in [2.45, 2.75) is 0 Å². The molecule has 0 saturated carbocycles. The molecule has 2 aromatic rings. The number of rotatable bonds is 4. The van der Waals surface area contributed by atoms with Crippen LogP contribution in [-0.2, 0) is 26.1 Å². The van der Waals surface area contributed by atoms with E-state index < -0.39 is 24.4 Å². The van der Waals surface area contributed by atoms with Gasteiger partial charge in [-0.2, -0.15) is 0 Å². The average molecular weight is 282 g/mol. The van der Waals surface area contributed by atoms with Gasteiger partial charge in [0.25, 0.3) is 0 Å². The molecule has 0 heterocycles. The van der Waals surface area contributed by atoms with Crippen LogP contribution >= 0.6 is 0 Å². The van der Waals surface area contributed by atoms with Crippen molar-refractivity contribution in [1.29, 1.82) is 0 Å². The Hall–Kier alpha value is -1.20. The van der Waals surface area contributed by atoms with E-state index in [1.54, 1.807) is 0 Å². The molecule has 5 heteroatoms. The van der Waals surface area contributed by atoms with Crippen molar-refractivity contribution in [1.82, 2.24) is 0 Å². The quantitative estimate of drug-likeness (QED) is 0.778. The number of benzene rings is 2. The zero-order chi connectivity index (χ0) is 12.1. The second kappa shape index (κ2) is 5.93. The fraction of sp³-hybridized carbons (Fsp3) is 0. The Labute approximate surface area is 106 Å². The predicted molar refractivity (Wildman–Crippen MR) is 61.8 cm³/mol. The Balaban J connectivity index is 2.39. The van der Waals surface area contributed by atoms with Crippen LogP contribution in [0.3, 0.4) is 0 Å². The third-order valence-electron chi connectivity index (χ3n) is 2.40. The number of hydrogen-bond acceptors (Lipinski definition) is 3. The summed E-state index contributed by atoms with van der Waals surface area (Å²) in [5.41, 5.74) is 0. The third kappa shape index (κ3) is 3.38. The molecule has 0 unspecified atom stereocenters. The molecule has 0 N–H and O–H groups in total. The van der Waals surface area contributed by atoms with E-state index in [9.17, 15) is 7.35 Å². The monoisotopic (exact) mass is 282 g/mol. The van der Waals surface area contributed by atoms with Gasteiger partial charge < -0.3 is 0 Å². The first-order valence-electron chi connectivity index (χ1n) is 5.18. The molecule has 0 radical (unpaired) electrons. The van der Waals surface area contributed by atoms with Gasteiger partial charge in [0.05, 0.1) is 0 Å². The fourth-order valence-electron chi connectivity index (χ4n) is 1.66. The van der Waals surface area contributed by atoms with Crippen LogP contribution in [-0.4, -0.2) is 9.04 Å². The normalized spacial score (nSPS) is 10.4. The van der Waals surface area contributed by atoms with Gasteiger partial charge in [0.1, 0.15) is 0 Å². The summed E-state index contributed by atoms with van der Waals surface area (Å²) in [7, 11) is -2.07. The van der Waals surface area contributed by atoms with E-state index in [1.165, 1.54) is 0 Å². The summed E-state index contributed by atoms with van der Waals surface area (Å²) >= 11 is -3.57. The summed E-state index contributed by atoms with van der Waals surface area (Å²) in [5.74, 6) is 0. The Morgan fingerprint density at radius 1 is 0.765 bits per heavy atom. The van der Waals surface area contributed by atoms with Gasteiger partial charge in [-0.3, -0.25) is 0 Å². The average Bonchev–Trinajstić information content (AvgIpc) is 2.38. The molecular formula is C12H11O3SiV. The van der Waals surface area contributed by atoms with Crippen molar-refractivity contribution >= 4 is 19.4 Å². The van der Waals surface area contributed by atoms with Gasteiger partial charge in [-0.1, -0.05) is 0 Å². The molecule has 0 bridgehead atoms. The van der Waals surface area contributed by atoms with Crippen LogP contribution in [0.25, 0.3) is 0 Å². The first-order valence-corrected chi connectivity index (χ1v) is 8.52. The molecular weight excluding hydrogens is 271 g/mol. The van der Waals surface area contributed by atoms with Gasteiger partial charge in [0.15, 0.2) is 0 Å². The van der Waals surface area contributed by atoms with Crippen molar-refractivity contribution in [3.05, 3.63) is 60.7 Å². The van der Waals surface area contributed by atoms with Crippen LogP contribution < -0.4 is 10.4 Å². The van der Waals surface area contributed by atoms with E-state index in [2.05, 4.69) is 0 Å². The third-order valence-corrected chi connectivity index (χ3v) is 6.55. The van der Waals surface area contributed by atoms with Gasteiger partial charge in [-0.05, 0) is 0 Å². The second-order valence-electron chi connectivity index (χ2n) is 3.53. The zero-order valence-electron chi connectivity index (χ0n) is 9.02. The molecule has 0 aliphatic heterocycles. The van der Waals surface area contributed by atoms with E-state index in [0.29, 0.717) is 0 Å².